The molecule has 4 rings (SSSR count). The second-order valence-electron chi connectivity index (χ2n) is 7.48. The third-order valence-corrected chi connectivity index (χ3v) is 7.32. The lowest BCUT2D eigenvalue weighted by molar-refractivity contribution is 0.0932. The van der Waals surface area contributed by atoms with Crippen molar-refractivity contribution in [2.75, 3.05) is 23.7 Å². The van der Waals surface area contributed by atoms with E-state index in [0.717, 1.165) is 31.6 Å². The average Bonchev–Trinajstić information content (AvgIpc) is 3.10. The van der Waals surface area contributed by atoms with Crippen LogP contribution in [0.2, 0.25) is 0 Å². The molecule has 0 saturated carbocycles. The van der Waals surface area contributed by atoms with Gasteiger partial charge < -0.3 is 10.2 Å². The van der Waals surface area contributed by atoms with Gasteiger partial charge in [-0.3, -0.25) is 4.79 Å². The van der Waals surface area contributed by atoms with Crippen molar-refractivity contribution in [1.82, 2.24) is 19.9 Å². The molecule has 3 heterocycles. The molecule has 0 radical (unpaired) electrons. The fourth-order valence-corrected chi connectivity index (χ4v) is 4.72. The van der Waals surface area contributed by atoms with Gasteiger partial charge in [-0.05, 0) is 50.1 Å². The van der Waals surface area contributed by atoms with E-state index in [1.165, 1.54) is 0 Å². The molecule has 2 aromatic heterocycles. The molecule has 1 fully saturated rings. The summed E-state index contributed by atoms with van der Waals surface area (Å²) < 4.78 is 25.6. The summed E-state index contributed by atoms with van der Waals surface area (Å²) in [6, 6.07) is 8.91. The Hall–Kier alpha value is -2.94. The highest BCUT2D eigenvalue weighted by atomic mass is 32.2. The van der Waals surface area contributed by atoms with E-state index in [9.17, 15) is 13.2 Å². The lowest BCUT2D eigenvalue weighted by atomic mass is 10.0. The molecule has 9 heteroatoms. The number of aromatic nitrogens is 3. The van der Waals surface area contributed by atoms with E-state index in [1.54, 1.807) is 42.0 Å². The number of anilines is 1. The Bertz CT molecular complexity index is 1160. The molecule has 1 amide bonds. The molecule has 1 saturated heterocycles. The molecule has 1 aliphatic heterocycles. The van der Waals surface area contributed by atoms with Crippen LogP contribution in [0.15, 0.2) is 47.6 Å². The number of rotatable bonds is 5. The Morgan fingerprint density at radius 2 is 1.90 bits per heavy atom. The highest BCUT2D eigenvalue weighted by Crippen LogP contribution is 2.23. The zero-order chi connectivity index (χ0) is 21.3. The van der Waals surface area contributed by atoms with Crippen LogP contribution in [0.4, 0.5) is 5.69 Å². The van der Waals surface area contributed by atoms with Crippen molar-refractivity contribution < 1.29 is 13.2 Å². The summed E-state index contributed by atoms with van der Waals surface area (Å²) in [5.74, 6) is -0.0483. The summed E-state index contributed by atoms with van der Waals surface area (Å²) >= 11 is 0. The molecule has 3 aromatic rings. The van der Waals surface area contributed by atoms with Gasteiger partial charge >= 0.3 is 0 Å². The van der Waals surface area contributed by atoms with Gasteiger partial charge in [-0.15, -0.1) is 0 Å². The SMILES string of the molecule is CCS(=O)(=O)c1ccc(N2CCC(NC(=O)c3c(C)nn4cccnc34)CC2)cc1. The van der Waals surface area contributed by atoms with Gasteiger partial charge in [0, 0.05) is 37.2 Å². The van der Waals surface area contributed by atoms with Crippen molar-refractivity contribution in [3.8, 4) is 0 Å². The van der Waals surface area contributed by atoms with Crippen LogP contribution in [0.25, 0.3) is 5.65 Å². The third kappa shape index (κ3) is 3.89. The molecular formula is C21H25N5O3S. The number of amides is 1. The Kier molecular flexibility index (Phi) is 5.46. The molecule has 0 spiro atoms. The first-order valence-electron chi connectivity index (χ1n) is 10.1. The number of aryl methyl sites for hydroxylation is 1. The molecule has 1 N–H and O–H groups in total. The van der Waals surface area contributed by atoms with Gasteiger partial charge in [-0.2, -0.15) is 5.10 Å². The second-order valence-corrected chi connectivity index (χ2v) is 9.76. The molecule has 30 heavy (non-hydrogen) atoms. The molecule has 8 nitrogen and oxygen atoms in total. The molecule has 0 unspecified atom stereocenters. The van der Waals surface area contributed by atoms with E-state index < -0.39 is 9.84 Å². The van der Waals surface area contributed by atoms with Crippen LogP contribution >= 0.6 is 0 Å². The maximum Gasteiger partial charge on any atom is 0.257 e. The number of hydrogen-bond donors (Lipinski definition) is 1. The van der Waals surface area contributed by atoms with Crippen molar-refractivity contribution in [3.05, 3.63) is 54.0 Å². The number of piperidine rings is 1. The summed E-state index contributed by atoms with van der Waals surface area (Å²) in [5.41, 5.74) is 2.74. The number of sulfone groups is 1. The minimum absolute atomic E-state index is 0.0755. The van der Waals surface area contributed by atoms with Gasteiger partial charge in [0.05, 0.1) is 16.3 Å². The smallest absolute Gasteiger partial charge is 0.257 e. The molecule has 158 valence electrons. The lowest BCUT2D eigenvalue weighted by Gasteiger charge is -2.34. The number of nitrogens with zero attached hydrogens (tertiary/aromatic N) is 4. The van der Waals surface area contributed by atoms with E-state index in [-0.39, 0.29) is 17.7 Å². The number of carbonyl (C=O) groups is 1. The highest BCUT2D eigenvalue weighted by molar-refractivity contribution is 7.91. The van der Waals surface area contributed by atoms with Gasteiger partial charge in [0.15, 0.2) is 15.5 Å². The Balaban J connectivity index is 1.39. The van der Waals surface area contributed by atoms with Crippen LogP contribution in [0.5, 0.6) is 0 Å². The summed E-state index contributed by atoms with van der Waals surface area (Å²) in [7, 11) is -3.19. The van der Waals surface area contributed by atoms with Gasteiger partial charge in [0.1, 0.15) is 5.56 Å². The topological polar surface area (TPSA) is 96.7 Å². The van der Waals surface area contributed by atoms with Gasteiger partial charge in [0.2, 0.25) is 0 Å². The van der Waals surface area contributed by atoms with Crippen LogP contribution in [-0.2, 0) is 9.84 Å². The standard InChI is InChI=1S/C21H25N5O3S/c1-3-30(28,29)18-7-5-17(6-8-18)25-13-9-16(10-14-25)23-21(27)19-15(2)24-26-12-4-11-22-20(19)26/h4-8,11-12,16H,3,9-10,13-14H2,1-2H3,(H,23,27). The Morgan fingerprint density at radius 3 is 2.57 bits per heavy atom. The maximum atomic E-state index is 12.8. The fourth-order valence-electron chi connectivity index (χ4n) is 3.83. The average molecular weight is 428 g/mol. The van der Waals surface area contributed by atoms with Gasteiger partial charge in [-0.1, -0.05) is 6.92 Å². The first-order valence-corrected chi connectivity index (χ1v) is 11.7. The quantitative estimate of drug-likeness (QED) is 0.671. The summed E-state index contributed by atoms with van der Waals surface area (Å²) in [5, 5.41) is 7.48. The largest absolute Gasteiger partial charge is 0.371 e. The highest BCUT2D eigenvalue weighted by Gasteiger charge is 2.25. The van der Waals surface area contributed by atoms with Crippen LogP contribution in [0.3, 0.4) is 0 Å². The van der Waals surface area contributed by atoms with Crippen LogP contribution in [0, 0.1) is 6.92 Å². The van der Waals surface area contributed by atoms with Crippen LogP contribution in [-0.4, -0.2) is 53.8 Å². The molecule has 0 atom stereocenters. The number of benzene rings is 1. The second kappa shape index (κ2) is 8.06. The zero-order valence-electron chi connectivity index (χ0n) is 17.1. The minimum atomic E-state index is -3.19. The van der Waals surface area contributed by atoms with Crippen molar-refractivity contribution in [2.24, 2.45) is 0 Å². The number of fused-ring (bicyclic) bond motifs is 1. The zero-order valence-corrected chi connectivity index (χ0v) is 17.9. The molecule has 1 aliphatic rings. The van der Waals surface area contributed by atoms with E-state index in [0.29, 0.717) is 21.8 Å². The van der Waals surface area contributed by atoms with Gasteiger partial charge in [-0.25, -0.2) is 17.9 Å². The van der Waals surface area contributed by atoms with E-state index in [1.807, 2.05) is 19.1 Å². The maximum absolute atomic E-state index is 12.8. The fraction of sp³-hybridized carbons (Fsp3) is 0.381. The summed E-state index contributed by atoms with van der Waals surface area (Å²) in [6.07, 6.45) is 5.06. The first kappa shape index (κ1) is 20.3. The predicted molar refractivity (Wildman–Crippen MR) is 115 cm³/mol. The third-order valence-electron chi connectivity index (χ3n) is 5.57. The number of nitrogens with one attached hydrogen (secondary N) is 1. The number of carbonyl (C=O) groups excluding carboxylic acids is 1. The monoisotopic (exact) mass is 427 g/mol. The van der Waals surface area contributed by atoms with E-state index in [4.69, 9.17) is 0 Å². The Labute approximate surface area is 175 Å². The molecular weight excluding hydrogens is 402 g/mol. The van der Waals surface area contributed by atoms with Crippen molar-refractivity contribution in [3.63, 3.8) is 0 Å². The van der Waals surface area contributed by atoms with E-state index in [2.05, 4.69) is 20.3 Å². The summed E-state index contributed by atoms with van der Waals surface area (Å²) in [6.45, 7) is 5.04. The van der Waals surface area contributed by atoms with Crippen molar-refractivity contribution >= 4 is 27.1 Å². The predicted octanol–water partition coefficient (Wildman–Crippen LogP) is 2.23. The van der Waals surface area contributed by atoms with Crippen molar-refractivity contribution in [2.45, 2.75) is 37.6 Å². The van der Waals surface area contributed by atoms with E-state index >= 15 is 0 Å². The van der Waals surface area contributed by atoms with Crippen molar-refractivity contribution in [1.29, 1.82) is 0 Å². The first-order chi connectivity index (χ1) is 14.4. The normalized spacial score (nSPS) is 15.5. The minimum Gasteiger partial charge on any atom is -0.371 e. The van der Waals surface area contributed by atoms with Gasteiger partial charge in [0.25, 0.3) is 5.91 Å². The number of hydrogen-bond acceptors (Lipinski definition) is 6. The Morgan fingerprint density at radius 1 is 1.20 bits per heavy atom. The summed E-state index contributed by atoms with van der Waals surface area (Å²) in [4.78, 5) is 19.7. The van der Waals surface area contributed by atoms with Crippen LogP contribution < -0.4 is 10.2 Å². The lowest BCUT2D eigenvalue weighted by Crippen LogP contribution is -2.44. The van der Waals surface area contributed by atoms with Crippen LogP contribution in [0.1, 0.15) is 35.8 Å². The molecule has 1 aromatic carbocycles. The molecule has 0 bridgehead atoms. The molecule has 0 aliphatic carbocycles.